The summed E-state index contributed by atoms with van der Waals surface area (Å²) in [5, 5.41) is 3.10. The molecule has 1 amide bonds. The smallest absolute Gasteiger partial charge is 0.385 e. The fraction of sp³-hybridized carbons (Fsp3) is 0.500. The highest BCUT2D eigenvalue weighted by Gasteiger charge is 2.35. The minimum Gasteiger partial charge on any atom is -0.385 e. The molecular formula is C14H15F3N2O. The number of halogens is 3. The van der Waals surface area contributed by atoms with Crippen molar-refractivity contribution in [2.75, 3.05) is 18.4 Å². The number of hydrogen-bond acceptors (Lipinski definition) is 2. The zero-order valence-corrected chi connectivity index (χ0v) is 10.8. The zero-order valence-electron chi connectivity index (χ0n) is 10.8. The lowest BCUT2D eigenvalue weighted by atomic mass is 9.94. The number of alkyl halides is 3. The predicted molar refractivity (Wildman–Crippen MR) is 68.2 cm³/mol. The molecule has 1 unspecified atom stereocenters. The van der Waals surface area contributed by atoms with Gasteiger partial charge in [-0.05, 0) is 36.6 Å². The van der Waals surface area contributed by atoms with E-state index in [0.717, 1.165) is 12.5 Å². The van der Waals surface area contributed by atoms with Crippen LogP contribution in [0, 0.1) is 0 Å². The van der Waals surface area contributed by atoms with Gasteiger partial charge in [0.05, 0.1) is 11.6 Å². The molecule has 0 saturated carbocycles. The van der Waals surface area contributed by atoms with Gasteiger partial charge in [-0.2, -0.15) is 13.2 Å². The van der Waals surface area contributed by atoms with Gasteiger partial charge in [0.15, 0.2) is 0 Å². The van der Waals surface area contributed by atoms with Crippen LogP contribution in [0.2, 0.25) is 0 Å². The van der Waals surface area contributed by atoms with Gasteiger partial charge in [0.1, 0.15) is 0 Å². The number of rotatable bonds is 1. The molecule has 1 atom stereocenters. The normalized spacial score (nSPS) is 22.6. The number of anilines is 1. The lowest BCUT2D eigenvalue weighted by Crippen LogP contribution is -2.34. The molecule has 2 aliphatic rings. The largest absolute Gasteiger partial charge is 0.416 e. The van der Waals surface area contributed by atoms with Crippen molar-refractivity contribution >= 4 is 11.6 Å². The molecule has 1 fully saturated rings. The molecule has 20 heavy (non-hydrogen) atoms. The Kier molecular flexibility index (Phi) is 3.11. The predicted octanol–water partition coefficient (Wildman–Crippen LogP) is 3.18. The summed E-state index contributed by atoms with van der Waals surface area (Å²) in [6.45, 7) is 1.31. The van der Waals surface area contributed by atoms with Gasteiger partial charge >= 0.3 is 6.18 Å². The number of nitrogens with one attached hydrogen (secondary N) is 1. The average Bonchev–Trinajstić information content (AvgIpc) is 2.82. The summed E-state index contributed by atoms with van der Waals surface area (Å²) in [6, 6.07) is 3.49. The van der Waals surface area contributed by atoms with Crippen LogP contribution in [0.25, 0.3) is 0 Å². The third-order valence-corrected chi connectivity index (χ3v) is 3.96. The van der Waals surface area contributed by atoms with Crippen molar-refractivity contribution in [2.45, 2.75) is 31.5 Å². The lowest BCUT2D eigenvalue weighted by Gasteiger charge is -2.34. The van der Waals surface area contributed by atoms with Gasteiger partial charge in [-0.1, -0.05) is 0 Å². The number of hydrogen-bond donors (Lipinski definition) is 1. The number of carbonyl (C=O) groups is 1. The van der Waals surface area contributed by atoms with Gasteiger partial charge in [0.25, 0.3) is 0 Å². The van der Waals surface area contributed by atoms with Crippen molar-refractivity contribution in [3.05, 3.63) is 29.3 Å². The van der Waals surface area contributed by atoms with Crippen molar-refractivity contribution in [1.29, 1.82) is 0 Å². The van der Waals surface area contributed by atoms with E-state index in [2.05, 4.69) is 5.32 Å². The first-order valence-corrected chi connectivity index (χ1v) is 6.71. The highest BCUT2D eigenvalue weighted by molar-refractivity contribution is 5.79. The van der Waals surface area contributed by atoms with E-state index in [9.17, 15) is 18.0 Å². The quantitative estimate of drug-likeness (QED) is 0.859. The van der Waals surface area contributed by atoms with Crippen LogP contribution in [0.4, 0.5) is 18.9 Å². The molecule has 1 saturated heterocycles. The molecule has 3 rings (SSSR count). The number of fused-ring (bicyclic) bond motifs is 1. The van der Waals surface area contributed by atoms with E-state index in [1.165, 1.54) is 12.1 Å². The second-order valence-electron chi connectivity index (χ2n) is 5.22. The molecule has 0 aliphatic carbocycles. The number of nitrogens with zero attached hydrogens (tertiary/aromatic N) is 1. The van der Waals surface area contributed by atoms with Crippen LogP contribution in [0.15, 0.2) is 18.2 Å². The molecule has 108 valence electrons. The second-order valence-corrected chi connectivity index (χ2v) is 5.22. The number of amides is 1. The van der Waals surface area contributed by atoms with E-state index in [0.29, 0.717) is 37.2 Å². The molecule has 2 aliphatic heterocycles. The summed E-state index contributed by atoms with van der Waals surface area (Å²) in [6.07, 6.45) is -2.42. The highest BCUT2D eigenvalue weighted by Crippen LogP contribution is 2.40. The van der Waals surface area contributed by atoms with Crippen LogP contribution in [-0.4, -0.2) is 23.9 Å². The van der Waals surface area contributed by atoms with E-state index in [1.54, 1.807) is 4.90 Å². The van der Waals surface area contributed by atoms with E-state index >= 15 is 0 Å². The summed E-state index contributed by atoms with van der Waals surface area (Å²) in [5.41, 5.74) is 0.631. The zero-order chi connectivity index (χ0) is 14.3. The molecule has 2 heterocycles. The third kappa shape index (κ3) is 2.23. The third-order valence-electron chi connectivity index (χ3n) is 3.96. The van der Waals surface area contributed by atoms with E-state index in [4.69, 9.17) is 0 Å². The molecule has 3 nitrogen and oxygen atoms in total. The topological polar surface area (TPSA) is 32.3 Å². The van der Waals surface area contributed by atoms with Gasteiger partial charge in [0, 0.05) is 25.2 Å². The van der Waals surface area contributed by atoms with Gasteiger partial charge < -0.3 is 10.2 Å². The second kappa shape index (κ2) is 4.68. The Bertz CT molecular complexity index is 542. The fourth-order valence-electron chi connectivity index (χ4n) is 3.00. The van der Waals surface area contributed by atoms with Crippen molar-refractivity contribution in [2.24, 2.45) is 0 Å². The molecular weight excluding hydrogens is 269 g/mol. The van der Waals surface area contributed by atoms with Gasteiger partial charge in [-0.25, -0.2) is 0 Å². The highest BCUT2D eigenvalue weighted by atomic mass is 19.4. The average molecular weight is 284 g/mol. The van der Waals surface area contributed by atoms with Crippen molar-refractivity contribution in [3.63, 3.8) is 0 Å². The molecule has 0 aromatic heterocycles. The molecule has 0 bridgehead atoms. The van der Waals surface area contributed by atoms with E-state index in [-0.39, 0.29) is 11.9 Å². The first-order valence-electron chi connectivity index (χ1n) is 6.71. The van der Waals surface area contributed by atoms with Crippen LogP contribution in [0.1, 0.15) is 36.4 Å². The monoisotopic (exact) mass is 284 g/mol. The van der Waals surface area contributed by atoms with Crippen molar-refractivity contribution < 1.29 is 18.0 Å². The number of likely N-dealkylation sites (tertiary alicyclic amines) is 1. The molecule has 1 aromatic carbocycles. The molecule has 0 radical (unpaired) electrons. The Morgan fingerprint density at radius 3 is 2.75 bits per heavy atom. The van der Waals surface area contributed by atoms with Gasteiger partial charge in [0.2, 0.25) is 5.91 Å². The number of carbonyl (C=O) groups excluding carboxylic acids is 1. The van der Waals surface area contributed by atoms with Crippen LogP contribution in [0.3, 0.4) is 0 Å². The van der Waals surface area contributed by atoms with Gasteiger partial charge in [-0.3, -0.25) is 4.79 Å². The standard InChI is InChI=1S/C14H15F3N2O/c15-14(16,17)9-3-4-11-10(8-9)12(5-6-18-11)19-7-1-2-13(19)20/h3-4,8,12,18H,1-2,5-7H2. The fourth-order valence-corrected chi connectivity index (χ4v) is 3.00. The summed E-state index contributed by atoms with van der Waals surface area (Å²) < 4.78 is 38.5. The maximum absolute atomic E-state index is 12.8. The lowest BCUT2D eigenvalue weighted by molar-refractivity contribution is -0.137. The molecule has 1 N–H and O–H groups in total. The van der Waals surface area contributed by atoms with Gasteiger partial charge in [-0.15, -0.1) is 0 Å². The maximum Gasteiger partial charge on any atom is 0.416 e. The van der Waals surface area contributed by atoms with Crippen molar-refractivity contribution in [1.82, 2.24) is 4.90 Å². The van der Waals surface area contributed by atoms with Crippen LogP contribution in [0.5, 0.6) is 0 Å². The van der Waals surface area contributed by atoms with E-state index < -0.39 is 11.7 Å². The summed E-state index contributed by atoms with van der Waals surface area (Å²) in [5.74, 6) is 0.0419. The van der Waals surface area contributed by atoms with Crippen molar-refractivity contribution in [3.8, 4) is 0 Å². The summed E-state index contributed by atoms with van der Waals surface area (Å²) in [4.78, 5) is 13.6. The first kappa shape index (κ1) is 13.3. The molecule has 6 heteroatoms. The Hall–Kier alpha value is -1.72. The summed E-state index contributed by atoms with van der Waals surface area (Å²) >= 11 is 0. The Morgan fingerprint density at radius 2 is 2.10 bits per heavy atom. The first-order chi connectivity index (χ1) is 9.47. The summed E-state index contributed by atoms with van der Waals surface area (Å²) in [7, 11) is 0. The molecule has 1 aromatic rings. The maximum atomic E-state index is 12.8. The van der Waals surface area contributed by atoms with Crippen LogP contribution >= 0.6 is 0 Å². The minimum atomic E-state index is -4.36. The van der Waals surface area contributed by atoms with Crippen LogP contribution in [-0.2, 0) is 11.0 Å². The molecule has 0 spiro atoms. The number of benzene rings is 1. The Balaban J connectivity index is 2.00. The Labute approximate surface area is 114 Å². The van der Waals surface area contributed by atoms with E-state index in [1.807, 2.05) is 0 Å². The minimum absolute atomic E-state index is 0.0419. The Morgan fingerprint density at radius 1 is 1.30 bits per heavy atom. The SMILES string of the molecule is O=C1CCCN1C1CCNc2ccc(C(F)(F)F)cc21. The van der Waals surface area contributed by atoms with Crippen LogP contribution < -0.4 is 5.32 Å².